The highest BCUT2D eigenvalue weighted by Gasteiger charge is 2.45. The Morgan fingerprint density at radius 1 is 1.00 bits per heavy atom. The van der Waals surface area contributed by atoms with Crippen LogP contribution in [-0.2, 0) is 5.54 Å². The highest BCUT2D eigenvalue weighted by Crippen LogP contribution is 2.48. The maximum absolute atomic E-state index is 12.6. The van der Waals surface area contributed by atoms with Crippen molar-refractivity contribution >= 4 is 35.5 Å². The van der Waals surface area contributed by atoms with Gasteiger partial charge in [0.1, 0.15) is 6.29 Å². The summed E-state index contributed by atoms with van der Waals surface area (Å²) in [6.07, 6.45) is -2.27. The number of nitrogens with zero attached hydrogens (tertiary/aromatic N) is 3. The third-order valence-electron chi connectivity index (χ3n) is 4.78. The first-order valence-electron chi connectivity index (χ1n) is 9.57. The SMILES string of the molecule is O=Cc1ccc(Nc2nc(NC3(c4ccc(Cl)cc4)CC3)nc(OCC(F)(F)F)n2)cc1. The van der Waals surface area contributed by atoms with E-state index >= 15 is 0 Å². The number of hydrogen-bond acceptors (Lipinski definition) is 7. The van der Waals surface area contributed by atoms with Gasteiger partial charge in [-0.15, -0.1) is 0 Å². The van der Waals surface area contributed by atoms with E-state index in [1.807, 2.05) is 12.1 Å². The van der Waals surface area contributed by atoms with Crippen LogP contribution in [0.15, 0.2) is 48.5 Å². The van der Waals surface area contributed by atoms with Crippen LogP contribution in [0.25, 0.3) is 0 Å². The molecule has 1 aliphatic carbocycles. The zero-order valence-corrected chi connectivity index (χ0v) is 17.2. The van der Waals surface area contributed by atoms with Gasteiger partial charge < -0.3 is 15.4 Å². The van der Waals surface area contributed by atoms with Crippen LogP contribution in [0.5, 0.6) is 6.01 Å². The third-order valence-corrected chi connectivity index (χ3v) is 5.03. The summed E-state index contributed by atoms with van der Waals surface area (Å²) in [5.74, 6) is 0.0575. The van der Waals surface area contributed by atoms with Crippen molar-refractivity contribution in [1.29, 1.82) is 0 Å². The van der Waals surface area contributed by atoms with Crippen molar-refractivity contribution in [1.82, 2.24) is 15.0 Å². The lowest BCUT2D eigenvalue weighted by Gasteiger charge is -2.19. The molecule has 2 N–H and O–H groups in total. The number of ether oxygens (including phenoxy) is 1. The molecule has 32 heavy (non-hydrogen) atoms. The quantitative estimate of drug-likeness (QED) is 0.448. The molecule has 0 spiro atoms. The third kappa shape index (κ3) is 5.44. The fourth-order valence-corrected chi connectivity index (χ4v) is 3.17. The molecule has 1 aromatic heterocycles. The zero-order chi connectivity index (χ0) is 22.8. The Bertz CT molecular complexity index is 1100. The number of aldehydes is 1. The number of halogens is 4. The number of alkyl halides is 3. The van der Waals surface area contributed by atoms with Gasteiger partial charge in [0.25, 0.3) is 0 Å². The Balaban J connectivity index is 1.60. The van der Waals surface area contributed by atoms with Gasteiger partial charge in [0.2, 0.25) is 11.9 Å². The van der Waals surface area contributed by atoms with E-state index in [2.05, 4.69) is 25.6 Å². The number of anilines is 3. The van der Waals surface area contributed by atoms with Crippen molar-refractivity contribution in [3.63, 3.8) is 0 Å². The van der Waals surface area contributed by atoms with Crippen molar-refractivity contribution in [3.05, 3.63) is 64.7 Å². The van der Waals surface area contributed by atoms with Crippen LogP contribution >= 0.6 is 11.6 Å². The first kappa shape index (κ1) is 21.8. The lowest BCUT2D eigenvalue weighted by Crippen LogP contribution is -2.23. The molecule has 0 atom stereocenters. The van der Waals surface area contributed by atoms with Crippen molar-refractivity contribution in [3.8, 4) is 6.01 Å². The summed E-state index contributed by atoms with van der Waals surface area (Å²) in [5, 5.41) is 6.68. The number of aromatic nitrogens is 3. The molecule has 0 unspecified atom stereocenters. The molecule has 3 aromatic rings. The monoisotopic (exact) mass is 463 g/mol. The summed E-state index contributed by atoms with van der Waals surface area (Å²) in [7, 11) is 0. The fraction of sp³-hybridized carbons (Fsp3) is 0.238. The van der Waals surface area contributed by atoms with Gasteiger partial charge in [0.05, 0.1) is 5.54 Å². The largest absolute Gasteiger partial charge is 0.454 e. The van der Waals surface area contributed by atoms with Gasteiger partial charge in [-0.25, -0.2) is 0 Å². The number of hydrogen-bond donors (Lipinski definition) is 2. The smallest absolute Gasteiger partial charge is 0.422 e. The maximum Gasteiger partial charge on any atom is 0.422 e. The van der Waals surface area contributed by atoms with Gasteiger partial charge in [-0.2, -0.15) is 28.1 Å². The summed E-state index contributed by atoms with van der Waals surface area (Å²) < 4.78 is 42.6. The molecule has 7 nitrogen and oxygen atoms in total. The van der Waals surface area contributed by atoms with Crippen molar-refractivity contribution < 1.29 is 22.7 Å². The molecule has 0 amide bonds. The second-order valence-corrected chi connectivity index (χ2v) is 7.68. The summed E-state index contributed by atoms with van der Waals surface area (Å²) in [4.78, 5) is 23.0. The minimum absolute atomic E-state index is 0.00886. The molecule has 4 rings (SSSR count). The van der Waals surface area contributed by atoms with Crippen LogP contribution in [0, 0.1) is 0 Å². The van der Waals surface area contributed by atoms with Crippen LogP contribution in [-0.4, -0.2) is 34.0 Å². The molecule has 1 aliphatic rings. The molecule has 1 fully saturated rings. The highest BCUT2D eigenvalue weighted by atomic mass is 35.5. The van der Waals surface area contributed by atoms with Gasteiger partial charge in [-0.3, -0.25) is 4.79 Å². The topological polar surface area (TPSA) is 89.0 Å². The molecule has 11 heteroatoms. The zero-order valence-electron chi connectivity index (χ0n) is 16.5. The molecule has 0 radical (unpaired) electrons. The van der Waals surface area contributed by atoms with E-state index in [1.165, 1.54) is 0 Å². The Morgan fingerprint density at radius 2 is 1.66 bits per heavy atom. The number of rotatable bonds is 8. The van der Waals surface area contributed by atoms with Crippen molar-refractivity contribution in [2.45, 2.75) is 24.6 Å². The second kappa shape index (κ2) is 8.62. The maximum atomic E-state index is 12.6. The number of carbonyl (C=O) groups is 1. The lowest BCUT2D eigenvalue weighted by molar-refractivity contribution is -0.154. The van der Waals surface area contributed by atoms with Crippen LogP contribution in [0.4, 0.5) is 30.8 Å². The Hall–Kier alpha value is -3.40. The Morgan fingerprint density at radius 3 is 2.25 bits per heavy atom. The molecule has 0 bridgehead atoms. The molecule has 0 saturated heterocycles. The number of nitrogens with one attached hydrogen (secondary N) is 2. The van der Waals surface area contributed by atoms with Gasteiger partial charge in [0.15, 0.2) is 6.61 Å². The predicted octanol–water partition coefficient (Wildman–Crippen LogP) is 5.12. The molecule has 0 aliphatic heterocycles. The highest BCUT2D eigenvalue weighted by molar-refractivity contribution is 6.30. The molecule has 166 valence electrons. The summed E-state index contributed by atoms with van der Waals surface area (Å²) in [6, 6.07) is 13.2. The van der Waals surface area contributed by atoms with Crippen LogP contribution in [0.2, 0.25) is 5.02 Å². The van der Waals surface area contributed by atoms with Gasteiger partial charge in [0, 0.05) is 16.3 Å². The van der Waals surface area contributed by atoms with Crippen LogP contribution in [0.3, 0.4) is 0 Å². The lowest BCUT2D eigenvalue weighted by atomic mass is 10.1. The van der Waals surface area contributed by atoms with E-state index in [0.717, 1.165) is 18.4 Å². The Kier molecular flexibility index (Phi) is 5.88. The van der Waals surface area contributed by atoms with Crippen LogP contribution < -0.4 is 15.4 Å². The normalized spacial score (nSPS) is 14.5. The summed E-state index contributed by atoms with van der Waals surface area (Å²) >= 11 is 5.96. The van der Waals surface area contributed by atoms with Crippen molar-refractivity contribution in [2.24, 2.45) is 0 Å². The molecule has 1 heterocycles. The molecular formula is C21H17ClF3N5O2. The minimum Gasteiger partial charge on any atom is -0.454 e. The molecule has 1 saturated carbocycles. The van der Waals surface area contributed by atoms with Gasteiger partial charge in [-0.1, -0.05) is 23.7 Å². The molecule has 2 aromatic carbocycles. The van der Waals surface area contributed by atoms with Crippen LogP contribution in [0.1, 0.15) is 28.8 Å². The summed E-state index contributed by atoms with van der Waals surface area (Å²) in [6.45, 7) is -1.54. The number of benzene rings is 2. The minimum atomic E-state index is -4.54. The Labute approximate surface area is 186 Å². The number of carbonyl (C=O) groups excluding carboxylic acids is 1. The van der Waals surface area contributed by atoms with E-state index in [0.29, 0.717) is 22.6 Å². The van der Waals surface area contributed by atoms with Gasteiger partial charge in [-0.05, 0) is 54.8 Å². The van der Waals surface area contributed by atoms with E-state index in [-0.39, 0.29) is 11.9 Å². The second-order valence-electron chi connectivity index (χ2n) is 7.25. The standard InChI is InChI=1S/C21H17ClF3N5O2/c22-15-5-3-14(4-6-15)20(9-10-20)30-18-27-17(26-16-7-1-13(11-31)2-8-16)28-19(29-18)32-12-21(23,24)25/h1-8,11H,9-10,12H2,(H2,26,27,28,29,30). The first-order valence-corrected chi connectivity index (χ1v) is 9.95. The first-order chi connectivity index (χ1) is 15.2. The van der Waals surface area contributed by atoms with Gasteiger partial charge >= 0.3 is 12.2 Å². The average molecular weight is 464 g/mol. The predicted molar refractivity (Wildman–Crippen MR) is 112 cm³/mol. The van der Waals surface area contributed by atoms with E-state index in [1.54, 1.807) is 36.4 Å². The summed E-state index contributed by atoms with van der Waals surface area (Å²) in [5.41, 5.74) is 1.52. The molecular weight excluding hydrogens is 447 g/mol. The van der Waals surface area contributed by atoms with E-state index in [4.69, 9.17) is 16.3 Å². The average Bonchev–Trinajstić information content (AvgIpc) is 3.53. The van der Waals surface area contributed by atoms with E-state index < -0.39 is 24.3 Å². The van der Waals surface area contributed by atoms with E-state index in [9.17, 15) is 18.0 Å². The van der Waals surface area contributed by atoms with Crippen molar-refractivity contribution in [2.75, 3.05) is 17.2 Å². The fourth-order valence-electron chi connectivity index (χ4n) is 3.05.